The van der Waals surface area contributed by atoms with E-state index in [4.69, 9.17) is 5.26 Å². The van der Waals surface area contributed by atoms with Gasteiger partial charge in [-0.1, -0.05) is 6.92 Å². The number of hydrogen-bond acceptors (Lipinski definition) is 2. The van der Waals surface area contributed by atoms with Crippen LogP contribution in [0.25, 0.3) is 0 Å². The van der Waals surface area contributed by atoms with Crippen molar-refractivity contribution in [1.29, 1.82) is 5.26 Å². The standard InChI is InChI=1S/C11H9F3N2O/c1-2-6(5-15)11(17)16-10-4-8(13)7(12)3-9(10)14/h3-4,6H,2H2,1H3,(H,16,17). The Balaban J connectivity index is 2.93. The van der Waals surface area contributed by atoms with Gasteiger partial charge in [0.1, 0.15) is 11.7 Å². The normalized spacial score (nSPS) is 11.7. The van der Waals surface area contributed by atoms with Crippen molar-refractivity contribution < 1.29 is 18.0 Å². The fourth-order valence-corrected chi connectivity index (χ4v) is 1.17. The van der Waals surface area contributed by atoms with Gasteiger partial charge in [-0.2, -0.15) is 5.26 Å². The summed E-state index contributed by atoms with van der Waals surface area (Å²) < 4.78 is 38.6. The van der Waals surface area contributed by atoms with E-state index in [1.165, 1.54) is 0 Å². The number of rotatable bonds is 3. The van der Waals surface area contributed by atoms with Crippen molar-refractivity contribution in [3.05, 3.63) is 29.6 Å². The highest BCUT2D eigenvalue weighted by atomic mass is 19.2. The molecule has 1 aromatic carbocycles. The van der Waals surface area contributed by atoms with Crippen molar-refractivity contribution in [2.75, 3.05) is 5.32 Å². The zero-order valence-corrected chi connectivity index (χ0v) is 8.93. The summed E-state index contributed by atoms with van der Waals surface area (Å²) in [6.45, 7) is 1.61. The molecule has 0 saturated heterocycles. The van der Waals surface area contributed by atoms with E-state index >= 15 is 0 Å². The van der Waals surface area contributed by atoms with Crippen LogP contribution in [0.15, 0.2) is 12.1 Å². The molecule has 1 unspecified atom stereocenters. The van der Waals surface area contributed by atoms with E-state index in [0.29, 0.717) is 12.1 Å². The lowest BCUT2D eigenvalue weighted by atomic mass is 10.1. The maximum absolute atomic E-state index is 13.2. The van der Waals surface area contributed by atoms with Crippen LogP contribution in [0.3, 0.4) is 0 Å². The van der Waals surface area contributed by atoms with Crippen molar-refractivity contribution in [2.24, 2.45) is 5.92 Å². The van der Waals surface area contributed by atoms with Crippen LogP contribution in [-0.2, 0) is 4.79 Å². The highest BCUT2D eigenvalue weighted by molar-refractivity contribution is 5.94. The van der Waals surface area contributed by atoms with Gasteiger partial charge >= 0.3 is 0 Å². The Morgan fingerprint density at radius 2 is 1.94 bits per heavy atom. The lowest BCUT2D eigenvalue weighted by molar-refractivity contribution is -0.118. The van der Waals surface area contributed by atoms with Gasteiger partial charge in [-0.3, -0.25) is 4.79 Å². The number of halogens is 3. The Morgan fingerprint density at radius 3 is 2.47 bits per heavy atom. The molecule has 1 N–H and O–H groups in total. The Kier molecular flexibility index (Phi) is 4.10. The quantitative estimate of drug-likeness (QED) is 0.828. The first kappa shape index (κ1) is 13.0. The molecule has 0 bridgehead atoms. The molecule has 0 aromatic heterocycles. The predicted octanol–water partition coefficient (Wildman–Crippen LogP) is 2.59. The molecule has 1 amide bonds. The van der Waals surface area contributed by atoms with Gasteiger partial charge in [-0.25, -0.2) is 13.2 Å². The van der Waals surface area contributed by atoms with Crippen LogP contribution in [-0.4, -0.2) is 5.91 Å². The predicted molar refractivity (Wildman–Crippen MR) is 54.3 cm³/mol. The van der Waals surface area contributed by atoms with Crippen molar-refractivity contribution in [1.82, 2.24) is 0 Å². The Bertz CT molecular complexity index is 482. The zero-order chi connectivity index (χ0) is 13.0. The van der Waals surface area contributed by atoms with Crippen LogP contribution in [0, 0.1) is 34.7 Å². The van der Waals surface area contributed by atoms with Crippen LogP contribution < -0.4 is 5.32 Å². The molecular formula is C11H9F3N2O. The summed E-state index contributed by atoms with van der Waals surface area (Å²) in [6.07, 6.45) is 0.244. The molecule has 0 heterocycles. The third-order valence-electron chi connectivity index (χ3n) is 2.15. The molecule has 3 nitrogen and oxygen atoms in total. The maximum atomic E-state index is 13.2. The zero-order valence-electron chi connectivity index (χ0n) is 8.93. The topological polar surface area (TPSA) is 52.9 Å². The molecule has 1 rings (SSSR count). The molecule has 6 heteroatoms. The maximum Gasteiger partial charge on any atom is 0.241 e. The molecule has 17 heavy (non-hydrogen) atoms. The van der Waals surface area contributed by atoms with Gasteiger partial charge in [0.25, 0.3) is 0 Å². The fraction of sp³-hybridized carbons (Fsp3) is 0.273. The molecule has 0 radical (unpaired) electrons. The number of amides is 1. The SMILES string of the molecule is CCC(C#N)C(=O)Nc1cc(F)c(F)cc1F. The van der Waals surface area contributed by atoms with Crippen LogP contribution in [0.4, 0.5) is 18.9 Å². The van der Waals surface area contributed by atoms with Gasteiger partial charge in [0.2, 0.25) is 5.91 Å². The minimum Gasteiger partial charge on any atom is -0.322 e. The lowest BCUT2D eigenvalue weighted by Crippen LogP contribution is -2.21. The van der Waals surface area contributed by atoms with Crippen molar-refractivity contribution in [3.8, 4) is 6.07 Å². The molecule has 0 aliphatic heterocycles. The van der Waals surface area contributed by atoms with Crippen LogP contribution >= 0.6 is 0 Å². The summed E-state index contributed by atoms with van der Waals surface area (Å²) in [5.41, 5.74) is -0.484. The Hall–Kier alpha value is -2.03. The summed E-state index contributed by atoms with van der Waals surface area (Å²) >= 11 is 0. The summed E-state index contributed by atoms with van der Waals surface area (Å²) in [4.78, 5) is 11.4. The van der Waals surface area contributed by atoms with E-state index in [-0.39, 0.29) is 6.42 Å². The molecular weight excluding hydrogens is 233 g/mol. The van der Waals surface area contributed by atoms with E-state index in [1.54, 1.807) is 13.0 Å². The second-order valence-electron chi connectivity index (χ2n) is 3.33. The number of hydrogen-bond donors (Lipinski definition) is 1. The van der Waals surface area contributed by atoms with Gasteiger partial charge < -0.3 is 5.32 Å². The summed E-state index contributed by atoms with van der Waals surface area (Å²) in [5.74, 6) is -5.41. The van der Waals surface area contributed by atoms with Crippen molar-refractivity contribution in [2.45, 2.75) is 13.3 Å². The first-order valence-corrected chi connectivity index (χ1v) is 4.84. The van der Waals surface area contributed by atoms with E-state index in [9.17, 15) is 18.0 Å². The molecule has 0 aliphatic rings. The highest BCUT2D eigenvalue weighted by Gasteiger charge is 2.18. The number of benzene rings is 1. The third kappa shape index (κ3) is 2.97. The Morgan fingerprint density at radius 1 is 1.35 bits per heavy atom. The average molecular weight is 242 g/mol. The number of carbonyl (C=O) groups is 1. The highest BCUT2D eigenvalue weighted by Crippen LogP contribution is 2.19. The largest absolute Gasteiger partial charge is 0.322 e. The molecule has 0 fully saturated rings. The molecule has 0 spiro atoms. The molecule has 0 saturated carbocycles. The lowest BCUT2D eigenvalue weighted by Gasteiger charge is -2.09. The van der Waals surface area contributed by atoms with Gasteiger partial charge in [-0.15, -0.1) is 0 Å². The first-order valence-electron chi connectivity index (χ1n) is 4.84. The monoisotopic (exact) mass is 242 g/mol. The molecule has 1 atom stereocenters. The van der Waals surface area contributed by atoms with Crippen LogP contribution in [0.5, 0.6) is 0 Å². The second kappa shape index (κ2) is 5.34. The van der Waals surface area contributed by atoms with Gasteiger partial charge in [0.05, 0.1) is 11.8 Å². The molecule has 0 aliphatic carbocycles. The van der Waals surface area contributed by atoms with Gasteiger partial charge in [0, 0.05) is 12.1 Å². The minimum atomic E-state index is -1.34. The number of nitrogens with one attached hydrogen (secondary N) is 1. The van der Waals surface area contributed by atoms with Crippen LogP contribution in [0.1, 0.15) is 13.3 Å². The Labute approximate surface area is 95.9 Å². The number of anilines is 1. The molecule has 90 valence electrons. The number of nitrogens with zero attached hydrogens (tertiary/aromatic N) is 1. The summed E-state index contributed by atoms with van der Waals surface area (Å²) in [5, 5.41) is 10.6. The van der Waals surface area contributed by atoms with E-state index in [0.717, 1.165) is 0 Å². The minimum absolute atomic E-state index is 0.244. The third-order valence-corrected chi connectivity index (χ3v) is 2.15. The number of nitriles is 1. The van der Waals surface area contributed by atoms with Gasteiger partial charge in [0.15, 0.2) is 11.6 Å². The second-order valence-corrected chi connectivity index (χ2v) is 3.33. The van der Waals surface area contributed by atoms with E-state index in [2.05, 4.69) is 0 Å². The van der Waals surface area contributed by atoms with Crippen LogP contribution in [0.2, 0.25) is 0 Å². The molecule has 1 aromatic rings. The fourth-order valence-electron chi connectivity index (χ4n) is 1.17. The summed E-state index contributed by atoms with van der Waals surface area (Å²) in [7, 11) is 0. The smallest absolute Gasteiger partial charge is 0.241 e. The van der Waals surface area contributed by atoms with Crippen molar-refractivity contribution in [3.63, 3.8) is 0 Å². The average Bonchev–Trinajstić information content (AvgIpc) is 2.27. The number of carbonyl (C=O) groups excluding carboxylic acids is 1. The van der Waals surface area contributed by atoms with E-state index < -0.39 is 35.0 Å². The van der Waals surface area contributed by atoms with Gasteiger partial charge in [-0.05, 0) is 6.42 Å². The van der Waals surface area contributed by atoms with Crippen molar-refractivity contribution >= 4 is 11.6 Å². The summed E-state index contributed by atoms with van der Waals surface area (Å²) in [6, 6.07) is 2.58. The van der Waals surface area contributed by atoms with E-state index in [1.807, 2.05) is 5.32 Å². The first-order chi connectivity index (χ1) is 7.99.